The van der Waals surface area contributed by atoms with Crippen LogP contribution >= 0.6 is 0 Å². The largest absolute Gasteiger partial charge is 0.450 e. The lowest BCUT2D eigenvalue weighted by atomic mass is 10.1. The molecule has 0 atom stereocenters. The van der Waals surface area contributed by atoms with E-state index in [4.69, 9.17) is 9.15 Å². The molecule has 0 aliphatic heterocycles. The summed E-state index contributed by atoms with van der Waals surface area (Å²) in [5, 5.41) is 6.04. The number of amides is 1. The first kappa shape index (κ1) is 18.3. The summed E-state index contributed by atoms with van der Waals surface area (Å²) >= 11 is 0. The van der Waals surface area contributed by atoms with Gasteiger partial charge in [0.15, 0.2) is 5.76 Å². The molecule has 1 aromatic heterocycles. The van der Waals surface area contributed by atoms with Crippen LogP contribution in [0.2, 0.25) is 0 Å². The molecule has 0 aliphatic carbocycles. The van der Waals surface area contributed by atoms with E-state index in [2.05, 4.69) is 11.4 Å². The standard InChI is InChI=1S/C24H23NO3/c1-17-20-13-12-19-10-5-6-11-21(19)23(20)28-22(17)24(26)25-14-7-15-27-16-18-8-3-2-4-9-18/h2-6,8-13H,7,14-16H2,1H3,(H,25,26). The predicted molar refractivity (Wildman–Crippen MR) is 112 cm³/mol. The highest BCUT2D eigenvalue weighted by atomic mass is 16.5. The summed E-state index contributed by atoms with van der Waals surface area (Å²) in [5.74, 6) is 0.206. The van der Waals surface area contributed by atoms with Crippen LogP contribution in [0.15, 0.2) is 71.1 Å². The van der Waals surface area contributed by atoms with Gasteiger partial charge in [-0.15, -0.1) is 0 Å². The molecular formula is C24H23NO3. The minimum atomic E-state index is -0.180. The van der Waals surface area contributed by atoms with Gasteiger partial charge in [-0.05, 0) is 24.3 Å². The highest BCUT2D eigenvalue weighted by Gasteiger charge is 2.18. The summed E-state index contributed by atoms with van der Waals surface area (Å²) in [6, 6.07) is 22.2. The summed E-state index contributed by atoms with van der Waals surface area (Å²) < 4.78 is 11.6. The summed E-state index contributed by atoms with van der Waals surface area (Å²) in [6.07, 6.45) is 0.751. The minimum absolute atomic E-state index is 0.180. The van der Waals surface area contributed by atoms with E-state index in [1.165, 1.54) is 0 Å². The van der Waals surface area contributed by atoms with E-state index in [1.807, 2.05) is 67.6 Å². The zero-order chi connectivity index (χ0) is 19.3. The van der Waals surface area contributed by atoms with E-state index in [9.17, 15) is 4.79 Å². The predicted octanol–water partition coefficient (Wildman–Crippen LogP) is 5.23. The zero-order valence-electron chi connectivity index (χ0n) is 15.9. The molecule has 142 valence electrons. The molecule has 28 heavy (non-hydrogen) atoms. The SMILES string of the molecule is Cc1c(C(=O)NCCCOCc2ccccc2)oc2c1ccc1ccccc12. The number of rotatable bonds is 7. The maximum absolute atomic E-state index is 12.6. The van der Waals surface area contributed by atoms with Crippen molar-refractivity contribution in [2.24, 2.45) is 0 Å². The Morgan fingerprint density at radius 3 is 2.61 bits per heavy atom. The van der Waals surface area contributed by atoms with Gasteiger partial charge in [0, 0.05) is 29.5 Å². The second-order valence-corrected chi connectivity index (χ2v) is 6.87. The van der Waals surface area contributed by atoms with Gasteiger partial charge >= 0.3 is 0 Å². The smallest absolute Gasteiger partial charge is 0.287 e. The van der Waals surface area contributed by atoms with Gasteiger partial charge in [0.25, 0.3) is 5.91 Å². The molecule has 1 heterocycles. The van der Waals surface area contributed by atoms with Crippen LogP contribution in [-0.2, 0) is 11.3 Å². The number of hydrogen-bond acceptors (Lipinski definition) is 3. The Morgan fingerprint density at radius 1 is 0.964 bits per heavy atom. The molecule has 0 fully saturated rings. The topological polar surface area (TPSA) is 51.5 Å². The van der Waals surface area contributed by atoms with Gasteiger partial charge in [0.2, 0.25) is 0 Å². The number of hydrogen-bond donors (Lipinski definition) is 1. The third-order valence-electron chi connectivity index (χ3n) is 4.90. The minimum Gasteiger partial charge on any atom is -0.450 e. The molecule has 0 saturated carbocycles. The maximum Gasteiger partial charge on any atom is 0.287 e. The van der Waals surface area contributed by atoms with Crippen LogP contribution in [0.25, 0.3) is 21.7 Å². The van der Waals surface area contributed by atoms with Gasteiger partial charge in [-0.3, -0.25) is 4.79 Å². The first-order chi connectivity index (χ1) is 13.7. The summed E-state index contributed by atoms with van der Waals surface area (Å²) in [6.45, 7) is 3.66. The number of ether oxygens (including phenoxy) is 1. The van der Waals surface area contributed by atoms with Gasteiger partial charge in [-0.1, -0.05) is 66.7 Å². The molecule has 0 radical (unpaired) electrons. The molecule has 4 heteroatoms. The lowest BCUT2D eigenvalue weighted by molar-refractivity contribution is 0.0909. The maximum atomic E-state index is 12.6. The van der Waals surface area contributed by atoms with Crippen LogP contribution < -0.4 is 5.32 Å². The van der Waals surface area contributed by atoms with Crippen LogP contribution in [0.5, 0.6) is 0 Å². The monoisotopic (exact) mass is 373 g/mol. The van der Waals surface area contributed by atoms with Crippen molar-refractivity contribution in [1.29, 1.82) is 0 Å². The van der Waals surface area contributed by atoms with Crippen molar-refractivity contribution in [3.8, 4) is 0 Å². The van der Waals surface area contributed by atoms with Crippen molar-refractivity contribution < 1.29 is 13.9 Å². The van der Waals surface area contributed by atoms with E-state index < -0.39 is 0 Å². The molecule has 0 unspecified atom stereocenters. The van der Waals surface area contributed by atoms with Crippen molar-refractivity contribution >= 4 is 27.6 Å². The summed E-state index contributed by atoms with van der Waals surface area (Å²) in [7, 11) is 0. The van der Waals surface area contributed by atoms with Gasteiger partial charge < -0.3 is 14.5 Å². The van der Waals surface area contributed by atoms with Crippen molar-refractivity contribution in [1.82, 2.24) is 5.32 Å². The second kappa shape index (κ2) is 8.28. The highest BCUT2D eigenvalue weighted by molar-refractivity contribution is 6.08. The molecule has 4 rings (SSSR count). The van der Waals surface area contributed by atoms with Crippen molar-refractivity contribution in [2.75, 3.05) is 13.2 Å². The van der Waals surface area contributed by atoms with Crippen LogP contribution in [0.4, 0.5) is 0 Å². The van der Waals surface area contributed by atoms with E-state index in [0.717, 1.165) is 39.3 Å². The third kappa shape index (κ3) is 3.78. The Bertz CT molecular complexity index is 1100. The van der Waals surface area contributed by atoms with Crippen LogP contribution in [-0.4, -0.2) is 19.1 Å². The molecule has 3 aromatic carbocycles. The number of aryl methyl sites for hydroxylation is 1. The number of nitrogens with one attached hydrogen (secondary N) is 1. The molecule has 0 bridgehead atoms. The van der Waals surface area contributed by atoms with Gasteiger partial charge in [-0.25, -0.2) is 0 Å². The summed E-state index contributed by atoms with van der Waals surface area (Å²) in [4.78, 5) is 12.6. The second-order valence-electron chi connectivity index (χ2n) is 6.87. The first-order valence-electron chi connectivity index (χ1n) is 9.55. The number of furan rings is 1. The molecule has 1 N–H and O–H groups in total. The lowest BCUT2D eigenvalue weighted by Crippen LogP contribution is -2.25. The fourth-order valence-corrected chi connectivity index (χ4v) is 3.39. The Kier molecular flexibility index (Phi) is 5.40. The van der Waals surface area contributed by atoms with E-state index in [-0.39, 0.29) is 5.91 Å². The Hall–Kier alpha value is -3.11. The number of carbonyl (C=O) groups excluding carboxylic acids is 1. The summed E-state index contributed by atoms with van der Waals surface area (Å²) in [5.41, 5.74) is 2.79. The number of benzene rings is 3. The van der Waals surface area contributed by atoms with E-state index in [0.29, 0.717) is 25.5 Å². The van der Waals surface area contributed by atoms with Crippen molar-refractivity contribution in [3.05, 3.63) is 83.6 Å². The molecule has 4 aromatic rings. The van der Waals surface area contributed by atoms with E-state index in [1.54, 1.807) is 0 Å². The Labute approximate surface area is 164 Å². The number of fused-ring (bicyclic) bond motifs is 3. The normalized spacial score (nSPS) is 11.2. The molecule has 0 spiro atoms. The molecular weight excluding hydrogens is 350 g/mol. The average Bonchev–Trinajstić information content (AvgIpc) is 3.08. The molecule has 0 aliphatic rings. The molecule has 1 amide bonds. The molecule has 0 saturated heterocycles. The Morgan fingerprint density at radius 2 is 1.75 bits per heavy atom. The van der Waals surface area contributed by atoms with Gasteiger partial charge in [-0.2, -0.15) is 0 Å². The van der Waals surface area contributed by atoms with Crippen molar-refractivity contribution in [3.63, 3.8) is 0 Å². The van der Waals surface area contributed by atoms with Crippen LogP contribution in [0, 0.1) is 6.92 Å². The van der Waals surface area contributed by atoms with Crippen LogP contribution in [0.3, 0.4) is 0 Å². The van der Waals surface area contributed by atoms with E-state index >= 15 is 0 Å². The first-order valence-corrected chi connectivity index (χ1v) is 9.55. The number of carbonyl (C=O) groups is 1. The zero-order valence-corrected chi connectivity index (χ0v) is 15.9. The fraction of sp³-hybridized carbons (Fsp3) is 0.208. The van der Waals surface area contributed by atoms with Gasteiger partial charge in [0.05, 0.1) is 6.61 Å². The Balaban J connectivity index is 1.35. The fourth-order valence-electron chi connectivity index (χ4n) is 3.39. The van der Waals surface area contributed by atoms with Crippen molar-refractivity contribution in [2.45, 2.75) is 20.0 Å². The van der Waals surface area contributed by atoms with Gasteiger partial charge in [0.1, 0.15) is 5.58 Å². The average molecular weight is 373 g/mol. The lowest BCUT2D eigenvalue weighted by Gasteiger charge is -2.06. The van der Waals surface area contributed by atoms with Crippen LogP contribution in [0.1, 0.15) is 28.1 Å². The quantitative estimate of drug-likeness (QED) is 0.451. The molecule has 4 nitrogen and oxygen atoms in total. The third-order valence-corrected chi connectivity index (χ3v) is 4.90. The highest BCUT2D eigenvalue weighted by Crippen LogP contribution is 2.31.